The molecule has 12 aromatic carbocycles. The van der Waals surface area contributed by atoms with Gasteiger partial charge in [-0.3, -0.25) is 0 Å². The first-order valence-electron chi connectivity index (χ1n) is 22.9. The van der Waals surface area contributed by atoms with E-state index in [1.165, 1.54) is 49.2 Å². The number of anilines is 6. The molecule has 67 heavy (non-hydrogen) atoms. The molecule has 1 heterocycles. The monoisotopic (exact) mass is 854 g/mol. The smallest absolute Gasteiger partial charge is 0.138 e. The van der Waals surface area contributed by atoms with Crippen LogP contribution in [0.15, 0.2) is 259 Å². The Morgan fingerprint density at radius 2 is 0.687 bits per heavy atom. The number of fused-ring (bicyclic) bond motifs is 9. The summed E-state index contributed by atoms with van der Waals surface area (Å²) in [5.74, 6) is 0. The highest BCUT2D eigenvalue weighted by Crippen LogP contribution is 2.49. The van der Waals surface area contributed by atoms with E-state index in [9.17, 15) is 0 Å². The van der Waals surface area contributed by atoms with Crippen LogP contribution in [-0.4, -0.2) is 0 Å². The van der Waals surface area contributed by atoms with Gasteiger partial charge in [0, 0.05) is 50.1 Å². The van der Waals surface area contributed by atoms with Gasteiger partial charge in [-0.2, -0.15) is 0 Å². The normalized spacial score (nSPS) is 11.6. The van der Waals surface area contributed by atoms with Gasteiger partial charge in [-0.05, 0) is 104 Å². The molecule has 1 aromatic heterocycles. The average Bonchev–Trinajstić information content (AvgIpc) is 3.80. The van der Waals surface area contributed by atoms with E-state index in [1.807, 2.05) is 0 Å². The first-order chi connectivity index (χ1) is 33.3. The van der Waals surface area contributed by atoms with E-state index in [2.05, 4.69) is 265 Å². The molecular formula is C64H42N2O. The maximum Gasteiger partial charge on any atom is 0.138 e. The maximum atomic E-state index is 6.81. The van der Waals surface area contributed by atoms with Crippen LogP contribution in [0.2, 0.25) is 0 Å². The van der Waals surface area contributed by atoms with Crippen molar-refractivity contribution in [1.82, 2.24) is 0 Å². The molecule has 0 N–H and O–H groups in total. The van der Waals surface area contributed by atoms with E-state index >= 15 is 0 Å². The molecule has 13 rings (SSSR count). The summed E-state index contributed by atoms with van der Waals surface area (Å²) in [5.41, 5.74) is 13.1. The first-order valence-corrected chi connectivity index (χ1v) is 22.9. The molecular weight excluding hydrogens is 813 g/mol. The van der Waals surface area contributed by atoms with Crippen molar-refractivity contribution in [3.8, 4) is 22.3 Å². The molecule has 0 saturated heterocycles. The van der Waals surface area contributed by atoms with Gasteiger partial charge in [0.05, 0.1) is 17.1 Å². The Morgan fingerprint density at radius 3 is 1.30 bits per heavy atom. The lowest BCUT2D eigenvalue weighted by atomic mass is 9.91. The van der Waals surface area contributed by atoms with Crippen molar-refractivity contribution in [2.45, 2.75) is 0 Å². The third-order valence-electron chi connectivity index (χ3n) is 13.4. The Labute approximate surface area is 388 Å². The van der Waals surface area contributed by atoms with Crippen LogP contribution in [0.4, 0.5) is 34.1 Å². The van der Waals surface area contributed by atoms with E-state index in [1.54, 1.807) is 0 Å². The topological polar surface area (TPSA) is 19.6 Å². The summed E-state index contributed by atoms with van der Waals surface area (Å²) in [5, 5.41) is 11.7. The highest BCUT2D eigenvalue weighted by atomic mass is 16.3. The number of hydrogen-bond donors (Lipinski definition) is 0. The predicted molar refractivity (Wildman–Crippen MR) is 284 cm³/mol. The molecule has 0 unspecified atom stereocenters. The second-order valence-electron chi connectivity index (χ2n) is 17.2. The zero-order valence-electron chi connectivity index (χ0n) is 36.6. The fourth-order valence-electron chi connectivity index (χ4n) is 10.4. The molecule has 3 heteroatoms. The minimum Gasteiger partial charge on any atom is -0.456 e. The number of para-hydroxylation sites is 2. The number of rotatable bonds is 8. The molecule has 0 aliphatic rings. The van der Waals surface area contributed by atoms with Crippen molar-refractivity contribution in [2.75, 3.05) is 9.80 Å². The largest absolute Gasteiger partial charge is 0.456 e. The van der Waals surface area contributed by atoms with Gasteiger partial charge in [-0.25, -0.2) is 0 Å². The quantitative estimate of drug-likeness (QED) is 0.152. The standard InChI is InChI=1S/C64H42N2O/c1-4-18-43(19-5-1)44-32-35-48(36-33-44)65(46-21-6-2-7-22-46)58-39-37-52(50-26-12-14-28-54(50)58)53-38-40-59(55-29-15-13-27-51(53)55)66(47-23-8-3-9-24-47)60-42-62-64(57-31-17-16-30-56(57)60)63-49-25-11-10-20-45(49)34-41-61(63)67-62/h1-42H. The SMILES string of the molecule is c1ccc(-c2ccc(N(c3ccccc3)c3ccc(-c4ccc(N(c5ccccc5)c5cc6oc7ccc8ccccc8c7c6c6ccccc56)c5ccccc45)c4ccccc34)cc2)cc1. The summed E-state index contributed by atoms with van der Waals surface area (Å²) in [4.78, 5) is 4.80. The van der Waals surface area contributed by atoms with Crippen molar-refractivity contribution < 1.29 is 4.42 Å². The molecule has 0 fully saturated rings. The van der Waals surface area contributed by atoms with Crippen LogP contribution < -0.4 is 9.80 Å². The summed E-state index contributed by atoms with van der Waals surface area (Å²) in [7, 11) is 0. The minimum absolute atomic E-state index is 0.866. The van der Waals surface area contributed by atoms with Crippen LogP contribution in [0.5, 0.6) is 0 Å². The van der Waals surface area contributed by atoms with Crippen LogP contribution in [0.1, 0.15) is 0 Å². The molecule has 0 aliphatic heterocycles. The molecule has 314 valence electrons. The molecule has 0 bridgehead atoms. The molecule has 0 atom stereocenters. The summed E-state index contributed by atoms with van der Waals surface area (Å²) in [6.07, 6.45) is 0. The van der Waals surface area contributed by atoms with Crippen molar-refractivity contribution in [1.29, 1.82) is 0 Å². The fraction of sp³-hybridized carbons (Fsp3) is 0. The van der Waals surface area contributed by atoms with Gasteiger partial charge in [0.2, 0.25) is 0 Å². The van der Waals surface area contributed by atoms with Crippen molar-refractivity contribution >= 4 is 99.2 Å². The minimum atomic E-state index is 0.866. The number of nitrogens with zero attached hydrogens (tertiary/aromatic N) is 2. The Balaban J connectivity index is 0.993. The van der Waals surface area contributed by atoms with E-state index in [0.29, 0.717) is 0 Å². The van der Waals surface area contributed by atoms with Crippen molar-refractivity contribution in [3.63, 3.8) is 0 Å². The van der Waals surface area contributed by atoms with Crippen molar-refractivity contribution in [2.24, 2.45) is 0 Å². The number of hydrogen-bond acceptors (Lipinski definition) is 3. The fourth-order valence-corrected chi connectivity index (χ4v) is 10.4. The van der Waals surface area contributed by atoms with Gasteiger partial charge >= 0.3 is 0 Å². The van der Waals surface area contributed by atoms with Gasteiger partial charge in [0.15, 0.2) is 0 Å². The van der Waals surface area contributed by atoms with Crippen LogP contribution in [0.25, 0.3) is 87.3 Å². The number of benzene rings is 12. The average molecular weight is 855 g/mol. The van der Waals surface area contributed by atoms with Gasteiger partial charge in [-0.1, -0.05) is 194 Å². The zero-order chi connectivity index (χ0) is 44.3. The molecule has 3 nitrogen and oxygen atoms in total. The summed E-state index contributed by atoms with van der Waals surface area (Å²) in [6, 6.07) is 91.8. The molecule has 13 aromatic rings. The van der Waals surface area contributed by atoms with Gasteiger partial charge < -0.3 is 14.2 Å². The van der Waals surface area contributed by atoms with Crippen molar-refractivity contribution in [3.05, 3.63) is 255 Å². The predicted octanol–water partition coefficient (Wildman–Crippen LogP) is 18.5. The first kappa shape index (κ1) is 38.5. The lowest BCUT2D eigenvalue weighted by Gasteiger charge is -2.29. The van der Waals surface area contributed by atoms with Crippen LogP contribution in [-0.2, 0) is 0 Å². The highest BCUT2D eigenvalue weighted by Gasteiger charge is 2.24. The van der Waals surface area contributed by atoms with E-state index in [-0.39, 0.29) is 0 Å². The molecule has 0 radical (unpaired) electrons. The molecule has 0 amide bonds. The second kappa shape index (κ2) is 16.0. The Morgan fingerprint density at radius 1 is 0.254 bits per heavy atom. The lowest BCUT2D eigenvalue weighted by molar-refractivity contribution is 0.669. The maximum absolute atomic E-state index is 6.81. The Bertz CT molecular complexity index is 3970. The second-order valence-corrected chi connectivity index (χ2v) is 17.2. The van der Waals surface area contributed by atoms with Gasteiger partial charge in [0.25, 0.3) is 0 Å². The van der Waals surface area contributed by atoms with Gasteiger partial charge in [0.1, 0.15) is 11.2 Å². The van der Waals surface area contributed by atoms with Gasteiger partial charge in [-0.15, -0.1) is 0 Å². The lowest BCUT2D eigenvalue weighted by Crippen LogP contribution is -2.11. The Kier molecular flexibility index (Phi) is 9.17. The van der Waals surface area contributed by atoms with Crippen LogP contribution in [0.3, 0.4) is 0 Å². The highest BCUT2D eigenvalue weighted by molar-refractivity contribution is 6.28. The van der Waals surface area contributed by atoms with E-state index in [4.69, 9.17) is 4.42 Å². The summed E-state index contributed by atoms with van der Waals surface area (Å²) >= 11 is 0. The summed E-state index contributed by atoms with van der Waals surface area (Å²) in [6.45, 7) is 0. The summed E-state index contributed by atoms with van der Waals surface area (Å²) < 4.78 is 6.81. The number of furan rings is 1. The van der Waals surface area contributed by atoms with E-state index < -0.39 is 0 Å². The molecule has 0 saturated carbocycles. The van der Waals surface area contributed by atoms with Crippen LogP contribution >= 0.6 is 0 Å². The third-order valence-corrected chi connectivity index (χ3v) is 13.4. The Hall–Kier alpha value is -8.92. The van der Waals surface area contributed by atoms with E-state index in [0.717, 1.165) is 72.2 Å². The molecule has 0 spiro atoms. The molecule has 0 aliphatic carbocycles. The third kappa shape index (κ3) is 6.43. The van der Waals surface area contributed by atoms with Crippen LogP contribution in [0, 0.1) is 0 Å². The zero-order valence-corrected chi connectivity index (χ0v) is 36.6.